The predicted octanol–water partition coefficient (Wildman–Crippen LogP) is 11.9. The Morgan fingerprint density at radius 3 is 1.44 bits per heavy atom. The maximum absolute atomic E-state index is 13.4. The summed E-state index contributed by atoms with van der Waals surface area (Å²) in [6.45, 7) is 7.12. The summed E-state index contributed by atoms with van der Waals surface area (Å²) in [5.41, 5.74) is 11.8. The van der Waals surface area contributed by atoms with E-state index in [0.29, 0.717) is 82.7 Å². The molecule has 0 saturated carbocycles. The van der Waals surface area contributed by atoms with Gasteiger partial charge in [0.25, 0.3) is 0 Å². The van der Waals surface area contributed by atoms with Crippen LogP contribution in [0.3, 0.4) is 0 Å². The van der Waals surface area contributed by atoms with E-state index in [0.717, 1.165) is 90.0 Å². The highest BCUT2D eigenvalue weighted by Crippen LogP contribution is 2.37. The van der Waals surface area contributed by atoms with Gasteiger partial charge in [-0.25, -0.2) is 19.9 Å². The number of aromatic nitrogens is 4. The fourth-order valence-electron chi connectivity index (χ4n) is 10.0. The fourth-order valence-corrected chi connectivity index (χ4v) is 10.0. The molecule has 0 unspecified atom stereocenters. The van der Waals surface area contributed by atoms with E-state index >= 15 is 0 Å². The molecule has 14 heteroatoms. The zero-order chi connectivity index (χ0) is 53.3. The highest BCUT2D eigenvalue weighted by Gasteiger charge is 2.33. The molecule has 77 heavy (non-hydrogen) atoms. The van der Waals surface area contributed by atoms with Gasteiger partial charge >= 0.3 is 11.9 Å². The topological polar surface area (TPSA) is 148 Å². The van der Waals surface area contributed by atoms with Crippen molar-refractivity contribution in [1.82, 2.24) is 19.9 Å². The molecule has 0 spiro atoms. The summed E-state index contributed by atoms with van der Waals surface area (Å²) in [5.74, 6) is 3.13. The molecular weight excluding hydrogens is 969 g/mol. The van der Waals surface area contributed by atoms with E-state index in [1.54, 1.807) is 33.7 Å². The first-order chi connectivity index (χ1) is 37.6. The van der Waals surface area contributed by atoms with Gasteiger partial charge in [-0.15, -0.1) is 0 Å². The first kappa shape index (κ1) is 51.7. The van der Waals surface area contributed by atoms with Gasteiger partial charge in [0.1, 0.15) is 42.0 Å². The summed E-state index contributed by atoms with van der Waals surface area (Å²) in [6.07, 6.45) is 5.57. The third kappa shape index (κ3) is 12.0. The van der Waals surface area contributed by atoms with Crippen molar-refractivity contribution < 1.29 is 38.0 Å². The van der Waals surface area contributed by atoms with Gasteiger partial charge in [0.15, 0.2) is 0 Å². The monoisotopic (exact) mass is 1030 g/mol. The van der Waals surface area contributed by atoms with Gasteiger partial charge in [-0.1, -0.05) is 72.8 Å². The zero-order valence-electron chi connectivity index (χ0n) is 44.1. The molecule has 0 amide bonds. The van der Waals surface area contributed by atoms with Crippen LogP contribution in [0.2, 0.25) is 0 Å². The van der Waals surface area contributed by atoms with E-state index < -0.39 is 23.8 Å². The summed E-state index contributed by atoms with van der Waals surface area (Å²) in [4.78, 5) is 50.2. The number of ether oxygens (including phenoxy) is 6. The number of hydrogen-bond donors (Lipinski definition) is 0. The van der Waals surface area contributed by atoms with Crippen molar-refractivity contribution >= 4 is 23.8 Å². The average molecular weight is 1030 g/mol. The Kier molecular flexibility index (Phi) is 16.0. The van der Waals surface area contributed by atoms with Gasteiger partial charge in [-0.2, -0.15) is 0 Å². The number of piperidine rings is 2. The van der Waals surface area contributed by atoms with Gasteiger partial charge in [0.2, 0.25) is 11.9 Å². The molecule has 0 radical (unpaired) electrons. The van der Waals surface area contributed by atoms with Crippen LogP contribution in [0.15, 0.2) is 152 Å². The van der Waals surface area contributed by atoms with E-state index in [4.69, 9.17) is 38.4 Å². The van der Waals surface area contributed by atoms with Crippen LogP contribution in [0, 0.1) is 25.7 Å². The molecule has 2 aliphatic heterocycles. The first-order valence-electron chi connectivity index (χ1n) is 26.1. The Morgan fingerprint density at radius 1 is 0.481 bits per heavy atom. The highest BCUT2D eigenvalue weighted by molar-refractivity contribution is 5.88. The van der Waals surface area contributed by atoms with Crippen molar-refractivity contribution in [3.63, 3.8) is 0 Å². The number of methoxy groups -OCH3 is 3. The molecule has 2 fully saturated rings. The van der Waals surface area contributed by atoms with E-state index in [2.05, 4.69) is 82.1 Å². The molecule has 2 aromatic heterocycles. The predicted molar refractivity (Wildman–Crippen MR) is 297 cm³/mol. The number of carbonyl (C=O) groups is 2. The summed E-state index contributed by atoms with van der Waals surface area (Å²) in [7, 11) is 4.97. The Hall–Kier alpha value is -8.78. The molecule has 14 nitrogen and oxygen atoms in total. The second-order valence-electron chi connectivity index (χ2n) is 19.4. The lowest BCUT2D eigenvalue weighted by Crippen LogP contribution is -2.40. The van der Waals surface area contributed by atoms with E-state index in [1.165, 1.54) is 0 Å². The van der Waals surface area contributed by atoms with Crippen molar-refractivity contribution in [1.29, 1.82) is 0 Å². The standard InChI is InChI=1S/C63H62N6O8/c1-41-36-46(43-18-20-50(72-3)21-19-43)14-16-48(41)39-75-57-12-8-6-10-53(57)55-24-30-64-62(66-55)68-32-26-44(27-33-68)60(70)77-61(71)45-28-34-69(35-29-45)63-65-31-25-56(67-63)54-11-7-9-13-58(54)76-40-49-17-15-47(37-42(49)2)52-23-22-51(73-4)38-59(52)74-5/h6-25,30-31,36-38,44-45H,26-29,32-35,39-40H2,1-5H3. The Balaban J connectivity index is 0.695. The Bertz CT molecular complexity index is 3370. The quantitative estimate of drug-likeness (QED) is 0.0629. The third-order valence-corrected chi connectivity index (χ3v) is 14.6. The van der Waals surface area contributed by atoms with Crippen LogP contribution < -0.4 is 33.5 Å². The maximum atomic E-state index is 13.4. The molecule has 392 valence electrons. The van der Waals surface area contributed by atoms with E-state index in [9.17, 15) is 9.59 Å². The van der Waals surface area contributed by atoms with Crippen molar-refractivity contribution in [2.24, 2.45) is 11.8 Å². The van der Waals surface area contributed by atoms with Gasteiger partial charge in [0, 0.05) is 61.3 Å². The lowest BCUT2D eigenvalue weighted by molar-refractivity contribution is -0.166. The lowest BCUT2D eigenvalue weighted by atomic mass is 9.95. The molecule has 0 N–H and O–H groups in total. The number of para-hydroxylation sites is 2. The molecule has 0 atom stereocenters. The second-order valence-corrected chi connectivity index (χ2v) is 19.4. The number of esters is 2. The van der Waals surface area contributed by atoms with Crippen LogP contribution in [-0.4, -0.2) is 79.4 Å². The summed E-state index contributed by atoms with van der Waals surface area (Å²) in [6, 6.07) is 46.1. The zero-order valence-corrected chi connectivity index (χ0v) is 44.1. The number of anilines is 2. The molecule has 6 aromatic carbocycles. The SMILES string of the molecule is COc1ccc(-c2ccc(COc3ccccc3-c3ccnc(N4CCC(C(=O)OC(=O)C5CCN(c6nccc(-c7ccccc7OCc7ccc(-c8ccc(OC)cc8OC)cc7C)n6)CC5)CC4)n3)c(C)c2)cc1. The minimum absolute atomic E-state index is 0.369. The van der Waals surface area contributed by atoms with Gasteiger partial charge in [-0.05, 0) is 139 Å². The number of benzene rings is 6. The third-order valence-electron chi connectivity index (χ3n) is 14.6. The molecular formula is C63H62N6O8. The number of rotatable bonds is 17. The lowest BCUT2D eigenvalue weighted by Gasteiger charge is -2.32. The number of nitrogens with zero attached hydrogens (tertiary/aromatic N) is 6. The molecule has 8 aromatic rings. The summed E-state index contributed by atoms with van der Waals surface area (Å²) in [5, 5.41) is 0. The molecule has 10 rings (SSSR count). The maximum Gasteiger partial charge on any atom is 0.316 e. The second kappa shape index (κ2) is 23.8. The Morgan fingerprint density at radius 2 is 0.948 bits per heavy atom. The highest BCUT2D eigenvalue weighted by atomic mass is 16.6. The number of carbonyl (C=O) groups excluding carboxylic acids is 2. The normalized spacial score (nSPS) is 13.9. The van der Waals surface area contributed by atoms with Crippen LogP contribution in [0.25, 0.3) is 44.8 Å². The van der Waals surface area contributed by atoms with Gasteiger partial charge in [-0.3, -0.25) is 9.59 Å². The summed E-state index contributed by atoms with van der Waals surface area (Å²) >= 11 is 0. The minimum Gasteiger partial charge on any atom is -0.497 e. The van der Waals surface area contributed by atoms with Crippen molar-refractivity contribution in [3.05, 3.63) is 174 Å². The Labute approximate surface area is 449 Å². The van der Waals surface area contributed by atoms with E-state index in [-0.39, 0.29) is 0 Å². The number of hydrogen-bond acceptors (Lipinski definition) is 14. The van der Waals surface area contributed by atoms with Crippen molar-refractivity contribution in [2.45, 2.75) is 52.7 Å². The first-order valence-corrected chi connectivity index (χ1v) is 26.1. The van der Waals surface area contributed by atoms with Gasteiger partial charge < -0.3 is 38.2 Å². The van der Waals surface area contributed by atoms with Crippen LogP contribution >= 0.6 is 0 Å². The van der Waals surface area contributed by atoms with Gasteiger partial charge in [0.05, 0.1) is 44.6 Å². The largest absolute Gasteiger partial charge is 0.497 e. The fraction of sp³-hybridized carbons (Fsp3) is 0.270. The average Bonchev–Trinajstić information content (AvgIpc) is 3.48. The number of aryl methyl sites for hydroxylation is 2. The van der Waals surface area contributed by atoms with Crippen LogP contribution in [0.1, 0.15) is 47.9 Å². The van der Waals surface area contributed by atoms with Crippen LogP contribution in [0.4, 0.5) is 11.9 Å². The van der Waals surface area contributed by atoms with Crippen LogP contribution in [-0.2, 0) is 27.5 Å². The molecule has 0 bridgehead atoms. The molecule has 4 heterocycles. The van der Waals surface area contributed by atoms with Crippen LogP contribution in [0.5, 0.6) is 28.7 Å². The summed E-state index contributed by atoms with van der Waals surface area (Å²) < 4.78 is 34.8. The molecule has 0 aliphatic carbocycles. The van der Waals surface area contributed by atoms with Crippen molar-refractivity contribution in [3.8, 4) is 73.5 Å². The molecule has 2 saturated heterocycles. The minimum atomic E-state index is -0.471. The molecule has 2 aliphatic rings. The van der Waals surface area contributed by atoms with E-state index in [1.807, 2.05) is 91.0 Å². The van der Waals surface area contributed by atoms with Crippen molar-refractivity contribution in [2.75, 3.05) is 57.3 Å². The smallest absolute Gasteiger partial charge is 0.316 e.